The Bertz CT molecular complexity index is 390. The van der Waals surface area contributed by atoms with Gasteiger partial charge in [0.1, 0.15) is 0 Å². The maximum atomic E-state index is 11.6. The average molecular weight is 251 g/mol. The fourth-order valence-corrected chi connectivity index (χ4v) is 2.34. The Morgan fingerprint density at radius 2 is 2.12 bits per heavy atom. The Morgan fingerprint density at radius 1 is 1.41 bits per heavy atom. The van der Waals surface area contributed by atoms with Gasteiger partial charge in [0.05, 0.1) is 5.75 Å². The van der Waals surface area contributed by atoms with Crippen LogP contribution >= 0.6 is 11.8 Å². The van der Waals surface area contributed by atoms with E-state index in [1.807, 2.05) is 6.92 Å². The van der Waals surface area contributed by atoms with Crippen LogP contribution in [0.15, 0.2) is 23.1 Å². The van der Waals surface area contributed by atoms with Crippen LogP contribution in [-0.4, -0.2) is 17.7 Å². The summed E-state index contributed by atoms with van der Waals surface area (Å²) in [5.41, 5.74) is 2.50. The molecule has 0 spiro atoms. The number of hydrogen-bond donors (Lipinski definition) is 1. The minimum absolute atomic E-state index is 0.115. The van der Waals surface area contributed by atoms with E-state index in [9.17, 15) is 4.79 Å². The highest BCUT2D eigenvalue weighted by molar-refractivity contribution is 8.00. The summed E-state index contributed by atoms with van der Waals surface area (Å²) in [6, 6.07) is 6.59. The monoisotopic (exact) mass is 251 g/mol. The van der Waals surface area contributed by atoms with Crippen LogP contribution in [0.1, 0.15) is 31.4 Å². The molecule has 1 aromatic carbocycles. The third-order valence-corrected chi connectivity index (χ3v) is 3.88. The second-order valence-electron chi connectivity index (χ2n) is 4.43. The van der Waals surface area contributed by atoms with E-state index >= 15 is 0 Å². The van der Waals surface area contributed by atoms with Gasteiger partial charge in [0, 0.05) is 10.9 Å². The van der Waals surface area contributed by atoms with Crippen molar-refractivity contribution in [3.05, 3.63) is 29.3 Å². The molecule has 0 aromatic heterocycles. The van der Waals surface area contributed by atoms with Gasteiger partial charge in [-0.3, -0.25) is 4.79 Å². The van der Waals surface area contributed by atoms with Crippen LogP contribution < -0.4 is 5.32 Å². The first-order valence-electron chi connectivity index (χ1n) is 6.02. The average Bonchev–Trinajstić information content (AvgIpc) is 2.27. The molecular weight excluding hydrogens is 230 g/mol. The van der Waals surface area contributed by atoms with E-state index in [2.05, 4.69) is 44.3 Å². The fourth-order valence-electron chi connectivity index (χ4n) is 1.52. The number of amides is 1. The van der Waals surface area contributed by atoms with Gasteiger partial charge in [-0.15, -0.1) is 11.8 Å². The number of thioether (sulfide) groups is 1. The first-order valence-corrected chi connectivity index (χ1v) is 7.01. The molecular formula is C14H21NOS. The lowest BCUT2D eigenvalue weighted by molar-refractivity contribution is -0.119. The lowest BCUT2D eigenvalue weighted by Gasteiger charge is -2.11. The third kappa shape index (κ3) is 4.82. The molecule has 1 unspecified atom stereocenters. The van der Waals surface area contributed by atoms with Gasteiger partial charge >= 0.3 is 0 Å². The summed E-state index contributed by atoms with van der Waals surface area (Å²) in [7, 11) is 0. The van der Waals surface area contributed by atoms with E-state index in [0.29, 0.717) is 5.75 Å². The summed E-state index contributed by atoms with van der Waals surface area (Å²) in [6.07, 6.45) is 0.972. The van der Waals surface area contributed by atoms with E-state index in [-0.39, 0.29) is 11.9 Å². The normalized spacial score (nSPS) is 12.2. The Hall–Kier alpha value is -0.960. The Balaban J connectivity index is 2.47. The van der Waals surface area contributed by atoms with Gasteiger partial charge < -0.3 is 5.32 Å². The molecule has 0 fully saturated rings. The van der Waals surface area contributed by atoms with Crippen molar-refractivity contribution in [1.29, 1.82) is 0 Å². The van der Waals surface area contributed by atoms with E-state index in [4.69, 9.17) is 0 Å². The summed E-state index contributed by atoms with van der Waals surface area (Å²) in [5, 5.41) is 2.97. The van der Waals surface area contributed by atoms with Crippen molar-refractivity contribution in [1.82, 2.24) is 5.32 Å². The zero-order chi connectivity index (χ0) is 12.8. The number of rotatable bonds is 5. The lowest BCUT2D eigenvalue weighted by Crippen LogP contribution is -2.33. The van der Waals surface area contributed by atoms with Crippen molar-refractivity contribution in [3.8, 4) is 0 Å². The standard InChI is InChI=1S/C14H21NOS/c1-5-12(4)15-14(16)9-17-13-7-6-10(2)8-11(13)3/h6-8,12H,5,9H2,1-4H3,(H,15,16). The van der Waals surface area contributed by atoms with Gasteiger partial charge in [-0.25, -0.2) is 0 Å². The van der Waals surface area contributed by atoms with Crippen molar-refractivity contribution in [2.24, 2.45) is 0 Å². The van der Waals surface area contributed by atoms with Crippen LogP contribution in [0, 0.1) is 13.8 Å². The molecule has 0 saturated carbocycles. The number of carbonyl (C=O) groups is 1. The molecule has 17 heavy (non-hydrogen) atoms. The first kappa shape index (κ1) is 14.1. The van der Waals surface area contributed by atoms with Crippen molar-refractivity contribution in [3.63, 3.8) is 0 Å². The van der Waals surface area contributed by atoms with E-state index in [0.717, 1.165) is 6.42 Å². The molecule has 0 aliphatic carbocycles. The van der Waals surface area contributed by atoms with E-state index in [1.165, 1.54) is 16.0 Å². The molecule has 3 heteroatoms. The van der Waals surface area contributed by atoms with Crippen LogP contribution in [0.3, 0.4) is 0 Å². The fraction of sp³-hybridized carbons (Fsp3) is 0.500. The van der Waals surface area contributed by atoms with Crippen molar-refractivity contribution < 1.29 is 4.79 Å². The van der Waals surface area contributed by atoms with Crippen LogP contribution in [0.2, 0.25) is 0 Å². The number of hydrogen-bond acceptors (Lipinski definition) is 2. The van der Waals surface area contributed by atoms with Crippen LogP contribution in [0.5, 0.6) is 0 Å². The van der Waals surface area contributed by atoms with Gasteiger partial charge in [-0.1, -0.05) is 24.6 Å². The maximum absolute atomic E-state index is 11.6. The van der Waals surface area contributed by atoms with E-state index < -0.39 is 0 Å². The van der Waals surface area contributed by atoms with E-state index in [1.54, 1.807) is 11.8 Å². The van der Waals surface area contributed by atoms with Crippen LogP contribution in [-0.2, 0) is 4.79 Å². The number of carbonyl (C=O) groups excluding carboxylic acids is 1. The molecule has 1 rings (SSSR count). The third-order valence-electron chi connectivity index (χ3n) is 2.71. The summed E-state index contributed by atoms with van der Waals surface area (Å²) in [5.74, 6) is 0.609. The highest BCUT2D eigenvalue weighted by atomic mass is 32.2. The molecule has 1 amide bonds. The van der Waals surface area contributed by atoms with Crippen molar-refractivity contribution in [2.75, 3.05) is 5.75 Å². The quantitative estimate of drug-likeness (QED) is 0.813. The molecule has 0 aliphatic heterocycles. The highest BCUT2D eigenvalue weighted by Gasteiger charge is 2.07. The van der Waals surface area contributed by atoms with Crippen LogP contribution in [0.25, 0.3) is 0 Å². The molecule has 2 nitrogen and oxygen atoms in total. The molecule has 0 bridgehead atoms. The van der Waals surface area contributed by atoms with Gasteiger partial charge in [-0.05, 0) is 38.8 Å². The zero-order valence-electron chi connectivity index (χ0n) is 11.0. The summed E-state index contributed by atoms with van der Waals surface area (Å²) in [6.45, 7) is 8.26. The zero-order valence-corrected chi connectivity index (χ0v) is 11.9. The van der Waals surface area contributed by atoms with Gasteiger partial charge in [0.2, 0.25) is 5.91 Å². The smallest absolute Gasteiger partial charge is 0.230 e. The van der Waals surface area contributed by atoms with Gasteiger partial charge in [0.25, 0.3) is 0 Å². The van der Waals surface area contributed by atoms with Gasteiger partial charge in [-0.2, -0.15) is 0 Å². The molecule has 0 heterocycles. The number of nitrogens with one attached hydrogen (secondary N) is 1. The number of benzene rings is 1. The first-order chi connectivity index (χ1) is 8.02. The lowest BCUT2D eigenvalue weighted by atomic mass is 10.2. The van der Waals surface area contributed by atoms with Crippen molar-refractivity contribution in [2.45, 2.75) is 45.1 Å². The predicted molar refractivity (Wildman–Crippen MR) is 74.5 cm³/mol. The molecule has 1 aromatic rings. The minimum Gasteiger partial charge on any atom is -0.353 e. The second-order valence-corrected chi connectivity index (χ2v) is 5.45. The number of aryl methyl sites for hydroxylation is 2. The molecule has 94 valence electrons. The SMILES string of the molecule is CCC(C)NC(=O)CSc1ccc(C)cc1C. The van der Waals surface area contributed by atoms with Crippen molar-refractivity contribution >= 4 is 17.7 Å². The molecule has 0 radical (unpaired) electrons. The largest absolute Gasteiger partial charge is 0.353 e. The Morgan fingerprint density at radius 3 is 2.71 bits per heavy atom. The molecule has 1 atom stereocenters. The maximum Gasteiger partial charge on any atom is 0.230 e. The summed E-state index contributed by atoms with van der Waals surface area (Å²) < 4.78 is 0. The minimum atomic E-state index is 0.115. The summed E-state index contributed by atoms with van der Waals surface area (Å²) in [4.78, 5) is 12.8. The van der Waals surface area contributed by atoms with Crippen LogP contribution in [0.4, 0.5) is 0 Å². The second kappa shape index (κ2) is 6.70. The molecule has 0 aliphatic rings. The predicted octanol–water partition coefficient (Wildman–Crippen LogP) is 3.31. The summed E-state index contributed by atoms with van der Waals surface area (Å²) >= 11 is 1.60. The Kier molecular flexibility index (Phi) is 5.56. The van der Waals surface area contributed by atoms with Gasteiger partial charge in [0.15, 0.2) is 0 Å². The Labute approximate surface area is 108 Å². The molecule has 1 N–H and O–H groups in total. The molecule has 0 saturated heterocycles. The topological polar surface area (TPSA) is 29.1 Å². The highest BCUT2D eigenvalue weighted by Crippen LogP contribution is 2.22.